The lowest BCUT2D eigenvalue weighted by atomic mass is 10.3. The summed E-state index contributed by atoms with van der Waals surface area (Å²) >= 11 is 1.62. The molecule has 0 heterocycles. The van der Waals surface area contributed by atoms with Gasteiger partial charge >= 0.3 is 0 Å². The second-order valence-corrected chi connectivity index (χ2v) is 5.63. The van der Waals surface area contributed by atoms with Crippen LogP contribution in [0, 0.1) is 0 Å². The van der Waals surface area contributed by atoms with Gasteiger partial charge in [0, 0.05) is 23.6 Å². The van der Waals surface area contributed by atoms with Crippen molar-refractivity contribution in [3.05, 3.63) is 18.2 Å². The Balaban J connectivity index is 0.00000441. The smallest absolute Gasteiger partial charge is 0.220 e. The zero-order valence-electron chi connectivity index (χ0n) is 13.1. The Hall–Kier alpha value is -1.11. The molecule has 126 valence electrons. The second-order valence-electron chi connectivity index (χ2n) is 4.46. The fourth-order valence-electron chi connectivity index (χ4n) is 1.75. The van der Waals surface area contributed by atoms with Crippen LogP contribution in [0.25, 0.3) is 0 Å². The number of amides is 1. The summed E-state index contributed by atoms with van der Waals surface area (Å²) in [7, 11) is 3.22. The van der Waals surface area contributed by atoms with Crippen molar-refractivity contribution < 1.29 is 14.3 Å². The Morgan fingerprint density at radius 1 is 1.23 bits per heavy atom. The number of carbonyl (C=O) groups is 1. The van der Waals surface area contributed by atoms with Crippen molar-refractivity contribution in [2.45, 2.75) is 24.2 Å². The molecule has 0 aromatic heterocycles. The van der Waals surface area contributed by atoms with E-state index in [2.05, 4.69) is 5.32 Å². The maximum Gasteiger partial charge on any atom is 0.220 e. The molecule has 0 aliphatic heterocycles. The van der Waals surface area contributed by atoms with Crippen molar-refractivity contribution in [3.63, 3.8) is 0 Å². The highest BCUT2D eigenvalue weighted by Crippen LogP contribution is 2.31. The van der Waals surface area contributed by atoms with Crippen LogP contribution in [0.3, 0.4) is 0 Å². The van der Waals surface area contributed by atoms with Gasteiger partial charge in [-0.3, -0.25) is 4.79 Å². The summed E-state index contributed by atoms with van der Waals surface area (Å²) in [4.78, 5) is 12.7. The van der Waals surface area contributed by atoms with Crippen LogP contribution in [0.15, 0.2) is 23.1 Å². The molecule has 0 aliphatic carbocycles. The minimum atomic E-state index is 0. The minimum Gasteiger partial charge on any atom is -0.493 e. The zero-order chi connectivity index (χ0) is 15.5. The van der Waals surface area contributed by atoms with Gasteiger partial charge in [0.2, 0.25) is 5.91 Å². The van der Waals surface area contributed by atoms with Crippen LogP contribution in [0.4, 0.5) is 0 Å². The fraction of sp³-hybridized carbons (Fsp3) is 0.533. The van der Waals surface area contributed by atoms with Crippen LogP contribution >= 0.6 is 24.2 Å². The van der Waals surface area contributed by atoms with E-state index in [4.69, 9.17) is 15.2 Å². The number of rotatable bonds is 10. The summed E-state index contributed by atoms with van der Waals surface area (Å²) in [5.41, 5.74) is 5.40. The van der Waals surface area contributed by atoms with E-state index < -0.39 is 0 Å². The average Bonchev–Trinajstić information content (AvgIpc) is 2.51. The summed E-state index contributed by atoms with van der Waals surface area (Å²) in [6, 6.07) is 5.75. The number of carbonyl (C=O) groups excluding carboxylic acids is 1. The van der Waals surface area contributed by atoms with Gasteiger partial charge in [0.05, 0.1) is 14.2 Å². The third-order valence-electron chi connectivity index (χ3n) is 2.91. The van der Waals surface area contributed by atoms with E-state index in [-0.39, 0.29) is 18.3 Å². The molecule has 0 radical (unpaired) electrons. The molecule has 7 heteroatoms. The number of benzene rings is 1. The highest BCUT2D eigenvalue weighted by atomic mass is 35.5. The van der Waals surface area contributed by atoms with Crippen molar-refractivity contribution in [1.82, 2.24) is 5.32 Å². The van der Waals surface area contributed by atoms with E-state index in [0.29, 0.717) is 31.0 Å². The molecule has 0 aliphatic rings. The standard InChI is InChI=1S/C15H24N2O3S.ClH/c1-19-13-6-5-12(11-14(13)20-2)21-10-7-15(18)17-9-4-3-8-16;/h5-6,11H,3-4,7-10,16H2,1-2H3,(H,17,18);1H. The van der Waals surface area contributed by atoms with Crippen LogP contribution in [0.5, 0.6) is 11.5 Å². The van der Waals surface area contributed by atoms with E-state index in [0.717, 1.165) is 23.5 Å². The van der Waals surface area contributed by atoms with Crippen molar-refractivity contribution in [2.75, 3.05) is 33.1 Å². The Bertz CT molecular complexity index is 447. The van der Waals surface area contributed by atoms with Crippen molar-refractivity contribution >= 4 is 30.1 Å². The summed E-state index contributed by atoms with van der Waals surface area (Å²) in [6.07, 6.45) is 2.38. The molecule has 0 atom stereocenters. The molecule has 1 aromatic carbocycles. The van der Waals surface area contributed by atoms with E-state index in [9.17, 15) is 4.79 Å². The van der Waals surface area contributed by atoms with Gasteiger partial charge in [0.25, 0.3) is 0 Å². The Morgan fingerprint density at radius 3 is 2.59 bits per heavy atom. The summed E-state index contributed by atoms with van der Waals surface area (Å²) in [5, 5.41) is 2.89. The number of nitrogens with one attached hydrogen (secondary N) is 1. The highest BCUT2D eigenvalue weighted by molar-refractivity contribution is 7.99. The third kappa shape index (κ3) is 7.77. The molecular weight excluding hydrogens is 324 g/mol. The summed E-state index contributed by atoms with van der Waals surface area (Å²) in [6.45, 7) is 1.38. The van der Waals surface area contributed by atoms with E-state index in [1.54, 1.807) is 26.0 Å². The number of methoxy groups -OCH3 is 2. The maximum atomic E-state index is 11.6. The van der Waals surface area contributed by atoms with Gasteiger partial charge in [-0.1, -0.05) is 0 Å². The molecule has 22 heavy (non-hydrogen) atoms. The lowest BCUT2D eigenvalue weighted by Crippen LogP contribution is -2.25. The van der Waals surface area contributed by atoms with Gasteiger partial charge in [0.1, 0.15) is 0 Å². The number of halogens is 1. The lowest BCUT2D eigenvalue weighted by Gasteiger charge is -2.09. The summed E-state index contributed by atoms with van der Waals surface area (Å²) < 4.78 is 10.4. The molecule has 0 unspecified atom stereocenters. The fourth-order valence-corrected chi connectivity index (χ4v) is 2.63. The first-order valence-electron chi connectivity index (χ1n) is 7.03. The summed E-state index contributed by atoms with van der Waals surface area (Å²) in [5.74, 6) is 2.23. The van der Waals surface area contributed by atoms with E-state index >= 15 is 0 Å². The molecule has 1 aromatic rings. The zero-order valence-corrected chi connectivity index (χ0v) is 14.7. The first kappa shape index (κ1) is 20.9. The number of hydrogen-bond acceptors (Lipinski definition) is 5. The van der Waals surface area contributed by atoms with Gasteiger partial charge in [-0.05, 0) is 37.6 Å². The van der Waals surface area contributed by atoms with Crippen LogP contribution in [0.2, 0.25) is 0 Å². The molecule has 1 amide bonds. The maximum absolute atomic E-state index is 11.6. The largest absolute Gasteiger partial charge is 0.493 e. The molecular formula is C15H25ClN2O3S. The van der Waals surface area contributed by atoms with E-state index in [1.165, 1.54) is 0 Å². The first-order valence-corrected chi connectivity index (χ1v) is 8.01. The van der Waals surface area contributed by atoms with Crippen molar-refractivity contribution in [1.29, 1.82) is 0 Å². The predicted molar refractivity (Wildman–Crippen MR) is 93.4 cm³/mol. The Labute approximate surface area is 142 Å². The first-order chi connectivity index (χ1) is 10.2. The molecule has 0 spiro atoms. The highest BCUT2D eigenvalue weighted by Gasteiger charge is 2.06. The second kappa shape index (κ2) is 12.4. The number of hydrogen-bond donors (Lipinski definition) is 2. The predicted octanol–water partition coefficient (Wildman–Crippen LogP) is 2.46. The van der Waals surface area contributed by atoms with Gasteiger partial charge in [-0.15, -0.1) is 24.2 Å². The van der Waals surface area contributed by atoms with Crippen LogP contribution in [-0.2, 0) is 4.79 Å². The molecule has 0 bridgehead atoms. The molecule has 0 saturated carbocycles. The quantitative estimate of drug-likeness (QED) is 0.502. The van der Waals surface area contributed by atoms with Gasteiger partial charge < -0.3 is 20.5 Å². The van der Waals surface area contributed by atoms with Gasteiger partial charge in [0.15, 0.2) is 11.5 Å². The van der Waals surface area contributed by atoms with Crippen LogP contribution < -0.4 is 20.5 Å². The average molecular weight is 349 g/mol. The van der Waals surface area contributed by atoms with Crippen LogP contribution in [-0.4, -0.2) is 39.0 Å². The van der Waals surface area contributed by atoms with Gasteiger partial charge in [-0.25, -0.2) is 0 Å². The van der Waals surface area contributed by atoms with E-state index in [1.807, 2.05) is 18.2 Å². The minimum absolute atomic E-state index is 0. The number of nitrogens with two attached hydrogens (primary N) is 1. The Morgan fingerprint density at radius 2 is 1.95 bits per heavy atom. The third-order valence-corrected chi connectivity index (χ3v) is 3.90. The topological polar surface area (TPSA) is 73.6 Å². The number of thioether (sulfide) groups is 1. The SMILES string of the molecule is COc1ccc(SCCC(=O)NCCCCN)cc1OC.Cl. The van der Waals surface area contributed by atoms with Gasteiger partial charge in [-0.2, -0.15) is 0 Å². The lowest BCUT2D eigenvalue weighted by molar-refractivity contribution is -0.120. The van der Waals surface area contributed by atoms with Crippen LogP contribution in [0.1, 0.15) is 19.3 Å². The number of unbranched alkanes of at least 4 members (excludes halogenated alkanes) is 1. The monoisotopic (exact) mass is 348 g/mol. The molecule has 0 fully saturated rings. The molecule has 1 rings (SSSR count). The van der Waals surface area contributed by atoms with Crippen molar-refractivity contribution in [2.24, 2.45) is 5.73 Å². The van der Waals surface area contributed by atoms with Crippen molar-refractivity contribution in [3.8, 4) is 11.5 Å². The molecule has 0 saturated heterocycles. The normalized spacial score (nSPS) is 9.77. The Kier molecular flexibility index (Phi) is 11.8. The molecule has 5 nitrogen and oxygen atoms in total. The molecule has 3 N–H and O–H groups in total. The number of ether oxygens (including phenoxy) is 2.